The van der Waals surface area contributed by atoms with Gasteiger partial charge in [-0.15, -0.1) is 0 Å². The predicted octanol–water partition coefficient (Wildman–Crippen LogP) is 2.24. The highest BCUT2D eigenvalue weighted by atomic mass is 32.2. The highest BCUT2D eigenvalue weighted by Gasteiger charge is 2.34. The average molecular weight is 339 g/mol. The van der Waals surface area contributed by atoms with Crippen molar-refractivity contribution in [1.82, 2.24) is 14.3 Å². The van der Waals surface area contributed by atoms with Crippen LogP contribution in [0.5, 0.6) is 0 Å². The largest absolute Gasteiger partial charge is 0.243 e. The molecule has 1 atom stereocenters. The van der Waals surface area contributed by atoms with E-state index in [0.29, 0.717) is 24.9 Å². The highest BCUT2D eigenvalue weighted by Crippen LogP contribution is 2.29. The summed E-state index contributed by atoms with van der Waals surface area (Å²) in [6.45, 7) is 2.37. The number of aryl methyl sites for hydroxylation is 1. The van der Waals surface area contributed by atoms with Crippen molar-refractivity contribution >= 4 is 10.0 Å². The number of hydrogen-bond acceptors (Lipinski definition) is 4. The van der Waals surface area contributed by atoms with Crippen molar-refractivity contribution in [3.8, 4) is 0 Å². The first-order chi connectivity index (χ1) is 10.9. The summed E-state index contributed by atoms with van der Waals surface area (Å²) in [5, 5.41) is 0. The van der Waals surface area contributed by atoms with Crippen LogP contribution in [-0.4, -0.2) is 35.8 Å². The minimum Gasteiger partial charge on any atom is -0.241 e. The van der Waals surface area contributed by atoms with Crippen LogP contribution in [0.25, 0.3) is 0 Å². The molecule has 0 spiro atoms. The first kappa shape index (κ1) is 15.9. The number of halogens is 2. The standard InChI is InChI=1S/C15H15F2N3O2S/c1-10-4-6-18-15(19-10)11-5-7-20(9-11)23(21,22)12-2-3-13(16)14(17)8-12/h2-4,6,8,11H,5,7,9H2,1H3/t11-/m0/s1. The van der Waals surface area contributed by atoms with Crippen molar-refractivity contribution in [2.45, 2.75) is 24.2 Å². The number of aromatic nitrogens is 2. The molecule has 3 rings (SSSR count). The lowest BCUT2D eigenvalue weighted by atomic mass is 10.1. The molecule has 0 saturated carbocycles. The van der Waals surface area contributed by atoms with Crippen molar-refractivity contribution in [1.29, 1.82) is 0 Å². The Kier molecular flexibility index (Phi) is 4.11. The molecule has 2 heterocycles. The average Bonchev–Trinajstić information content (AvgIpc) is 3.00. The van der Waals surface area contributed by atoms with Gasteiger partial charge in [-0.3, -0.25) is 0 Å². The first-order valence-corrected chi connectivity index (χ1v) is 8.56. The van der Waals surface area contributed by atoms with Gasteiger partial charge in [-0.1, -0.05) is 0 Å². The molecule has 8 heteroatoms. The topological polar surface area (TPSA) is 63.2 Å². The molecule has 1 saturated heterocycles. The summed E-state index contributed by atoms with van der Waals surface area (Å²) in [7, 11) is -3.86. The zero-order valence-electron chi connectivity index (χ0n) is 12.4. The van der Waals surface area contributed by atoms with E-state index >= 15 is 0 Å². The van der Waals surface area contributed by atoms with Gasteiger partial charge in [0.25, 0.3) is 0 Å². The van der Waals surface area contributed by atoms with Crippen LogP contribution in [0.4, 0.5) is 8.78 Å². The van der Waals surface area contributed by atoms with Gasteiger partial charge in [-0.05, 0) is 37.6 Å². The van der Waals surface area contributed by atoms with Crippen molar-refractivity contribution in [3.63, 3.8) is 0 Å². The molecule has 0 unspecified atom stereocenters. The molecule has 1 aromatic carbocycles. The molecule has 0 N–H and O–H groups in total. The quantitative estimate of drug-likeness (QED) is 0.860. The Labute approximate surface area is 133 Å². The fourth-order valence-corrected chi connectivity index (χ4v) is 4.12. The lowest BCUT2D eigenvalue weighted by molar-refractivity contribution is 0.467. The van der Waals surface area contributed by atoms with Crippen molar-refractivity contribution in [2.24, 2.45) is 0 Å². The summed E-state index contributed by atoms with van der Waals surface area (Å²) in [6.07, 6.45) is 2.23. The first-order valence-electron chi connectivity index (χ1n) is 7.12. The Morgan fingerprint density at radius 2 is 2.00 bits per heavy atom. The summed E-state index contributed by atoms with van der Waals surface area (Å²) >= 11 is 0. The van der Waals surface area contributed by atoms with E-state index in [0.717, 1.165) is 17.8 Å². The van der Waals surface area contributed by atoms with E-state index in [1.165, 1.54) is 4.31 Å². The van der Waals surface area contributed by atoms with Crippen LogP contribution in [0.1, 0.15) is 23.9 Å². The van der Waals surface area contributed by atoms with Gasteiger partial charge in [0.15, 0.2) is 11.6 Å². The smallest absolute Gasteiger partial charge is 0.241 e. The van der Waals surface area contributed by atoms with E-state index < -0.39 is 21.7 Å². The summed E-state index contributed by atoms with van der Waals surface area (Å²) < 4.78 is 52.6. The van der Waals surface area contributed by atoms with E-state index in [4.69, 9.17) is 0 Å². The van der Waals surface area contributed by atoms with Gasteiger partial charge in [0.05, 0.1) is 4.90 Å². The maximum absolute atomic E-state index is 13.3. The third kappa shape index (κ3) is 3.09. The van der Waals surface area contributed by atoms with Crippen molar-refractivity contribution in [3.05, 3.63) is 53.6 Å². The zero-order valence-corrected chi connectivity index (χ0v) is 13.2. The van der Waals surface area contributed by atoms with E-state index in [9.17, 15) is 17.2 Å². The number of sulfonamides is 1. The Morgan fingerprint density at radius 3 is 2.70 bits per heavy atom. The zero-order chi connectivity index (χ0) is 16.6. The molecule has 0 radical (unpaired) electrons. The predicted molar refractivity (Wildman–Crippen MR) is 79.2 cm³/mol. The van der Waals surface area contributed by atoms with Gasteiger partial charge in [0.2, 0.25) is 10.0 Å². The summed E-state index contributed by atoms with van der Waals surface area (Å²) in [5.41, 5.74) is 0.817. The van der Waals surface area contributed by atoms with Crippen LogP contribution in [-0.2, 0) is 10.0 Å². The lowest BCUT2D eigenvalue weighted by Crippen LogP contribution is -2.29. The molecule has 23 heavy (non-hydrogen) atoms. The SMILES string of the molecule is Cc1ccnc([C@H]2CCN(S(=O)(=O)c3ccc(F)c(F)c3)C2)n1. The Hall–Kier alpha value is -1.93. The normalized spacial score (nSPS) is 19.2. The van der Waals surface area contributed by atoms with E-state index in [1.807, 2.05) is 6.92 Å². The van der Waals surface area contributed by atoms with Crippen LogP contribution in [0, 0.1) is 18.6 Å². The number of nitrogens with zero attached hydrogens (tertiary/aromatic N) is 3. The molecule has 0 bridgehead atoms. The van der Waals surface area contributed by atoms with Gasteiger partial charge in [0.1, 0.15) is 5.82 Å². The molecule has 0 aliphatic carbocycles. The van der Waals surface area contributed by atoms with Gasteiger partial charge in [0, 0.05) is 30.9 Å². The summed E-state index contributed by atoms with van der Waals surface area (Å²) in [6, 6.07) is 4.37. The summed E-state index contributed by atoms with van der Waals surface area (Å²) in [5.74, 6) is -1.75. The highest BCUT2D eigenvalue weighted by molar-refractivity contribution is 7.89. The molecule has 5 nitrogen and oxygen atoms in total. The molecule has 1 aliphatic rings. The third-order valence-electron chi connectivity index (χ3n) is 3.86. The second-order valence-electron chi connectivity index (χ2n) is 5.48. The molecular weight excluding hydrogens is 324 g/mol. The van der Waals surface area contributed by atoms with E-state index in [1.54, 1.807) is 12.3 Å². The molecule has 1 aliphatic heterocycles. The molecule has 1 fully saturated rings. The minimum atomic E-state index is -3.86. The van der Waals surface area contributed by atoms with Crippen LogP contribution in [0.2, 0.25) is 0 Å². The van der Waals surface area contributed by atoms with Crippen LogP contribution >= 0.6 is 0 Å². The number of hydrogen-bond donors (Lipinski definition) is 0. The lowest BCUT2D eigenvalue weighted by Gasteiger charge is -2.16. The number of benzene rings is 1. The van der Waals surface area contributed by atoms with Crippen LogP contribution in [0.15, 0.2) is 35.4 Å². The van der Waals surface area contributed by atoms with Crippen LogP contribution < -0.4 is 0 Å². The second kappa shape index (κ2) is 5.93. The van der Waals surface area contributed by atoms with Gasteiger partial charge < -0.3 is 0 Å². The van der Waals surface area contributed by atoms with Crippen molar-refractivity contribution < 1.29 is 17.2 Å². The molecule has 0 amide bonds. The fraction of sp³-hybridized carbons (Fsp3) is 0.333. The van der Waals surface area contributed by atoms with Gasteiger partial charge in [-0.25, -0.2) is 27.2 Å². The Bertz CT molecular complexity index is 842. The molecule has 1 aromatic heterocycles. The summed E-state index contributed by atoms with van der Waals surface area (Å²) in [4.78, 5) is 8.27. The minimum absolute atomic E-state index is 0.102. The van der Waals surface area contributed by atoms with Gasteiger partial charge in [-0.2, -0.15) is 4.31 Å². The third-order valence-corrected chi connectivity index (χ3v) is 5.72. The maximum Gasteiger partial charge on any atom is 0.243 e. The van der Waals surface area contributed by atoms with Gasteiger partial charge >= 0.3 is 0 Å². The van der Waals surface area contributed by atoms with E-state index in [-0.39, 0.29) is 17.4 Å². The second-order valence-corrected chi connectivity index (χ2v) is 7.42. The Balaban J connectivity index is 1.84. The maximum atomic E-state index is 13.3. The molecule has 2 aromatic rings. The van der Waals surface area contributed by atoms with Crippen molar-refractivity contribution in [2.75, 3.05) is 13.1 Å². The molecular formula is C15H15F2N3O2S. The fourth-order valence-electron chi connectivity index (χ4n) is 2.61. The number of rotatable bonds is 3. The Morgan fingerprint density at radius 1 is 1.22 bits per heavy atom. The monoisotopic (exact) mass is 339 g/mol. The van der Waals surface area contributed by atoms with E-state index in [2.05, 4.69) is 9.97 Å². The molecule has 122 valence electrons. The van der Waals surface area contributed by atoms with Crippen LogP contribution in [0.3, 0.4) is 0 Å².